The monoisotopic (exact) mass is 220 g/mol. The van der Waals surface area contributed by atoms with E-state index in [1.165, 1.54) is 17.8 Å². The van der Waals surface area contributed by atoms with Gasteiger partial charge in [-0.3, -0.25) is 0 Å². The lowest BCUT2D eigenvalue weighted by molar-refractivity contribution is 0.0656. The van der Waals surface area contributed by atoms with E-state index in [1.54, 1.807) is 6.07 Å². The third-order valence-electron chi connectivity index (χ3n) is 1.75. The van der Waals surface area contributed by atoms with Crippen LogP contribution in [-0.2, 0) is 0 Å². The third kappa shape index (κ3) is 2.41. The van der Waals surface area contributed by atoms with Crippen molar-refractivity contribution < 1.29 is 14.3 Å². The van der Waals surface area contributed by atoms with E-state index in [1.807, 2.05) is 30.3 Å². The SMILES string of the molecule is O=C(O)c1ccc(Sc2ccccc2)o1. The lowest BCUT2D eigenvalue weighted by atomic mass is 10.4. The van der Waals surface area contributed by atoms with Gasteiger partial charge in [0.1, 0.15) is 0 Å². The highest BCUT2D eigenvalue weighted by atomic mass is 32.2. The molecule has 76 valence electrons. The Morgan fingerprint density at radius 2 is 1.87 bits per heavy atom. The predicted octanol–water partition coefficient (Wildman–Crippen LogP) is 3.13. The van der Waals surface area contributed by atoms with Crippen molar-refractivity contribution in [3.05, 3.63) is 48.2 Å². The van der Waals surface area contributed by atoms with Gasteiger partial charge in [-0.15, -0.1) is 0 Å². The van der Waals surface area contributed by atoms with Gasteiger partial charge in [0, 0.05) is 4.90 Å². The van der Waals surface area contributed by atoms with Crippen LogP contribution in [0.3, 0.4) is 0 Å². The molecular formula is C11H8O3S. The second-order valence-electron chi connectivity index (χ2n) is 2.84. The Kier molecular flexibility index (Phi) is 2.78. The number of carbonyl (C=O) groups is 1. The molecule has 1 N–H and O–H groups in total. The summed E-state index contributed by atoms with van der Waals surface area (Å²) in [6.07, 6.45) is 0. The Morgan fingerprint density at radius 3 is 2.47 bits per heavy atom. The molecule has 0 radical (unpaired) electrons. The highest BCUT2D eigenvalue weighted by Gasteiger charge is 2.09. The van der Waals surface area contributed by atoms with Crippen molar-refractivity contribution in [2.75, 3.05) is 0 Å². The Hall–Kier alpha value is -1.68. The zero-order chi connectivity index (χ0) is 10.7. The van der Waals surface area contributed by atoms with Crippen LogP contribution < -0.4 is 0 Å². The standard InChI is InChI=1S/C11H8O3S/c12-11(13)9-6-7-10(14-9)15-8-4-2-1-3-5-8/h1-7H,(H,12,13). The van der Waals surface area contributed by atoms with Gasteiger partial charge in [-0.2, -0.15) is 0 Å². The lowest BCUT2D eigenvalue weighted by Gasteiger charge is -1.95. The van der Waals surface area contributed by atoms with Gasteiger partial charge in [0.15, 0.2) is 5.09 Å². The van der Waals surface area contributed by atoms with E-state index in [9.17, 15) is 4.79 Å². The second-order valence-corrected chi connectivity index (χ2v) is 3.92. The molecular weight excluding hydrogens is 212 g/mol. The molecule has 1 aromatic heterocycles. The minimum atomic E-state index is -1.05. The lowest BCUT2D eigenvalue weighted by Crippen LogP contribution is -1.91. The Balaban J connectivity index is 2.15. The van der Waals surface area contributed by atoms with Crippen molar-refractivity contribution >= 4 is 17.7 Å². The summed E-state index contributed by atoms with van der Waals surface area (Å²) in [6, 6.07) is 12.7. The number of furan rings is 1. The van der Waals surface area contributed by atoms with Crippen LogP contribution in [0.4, 0.5) is 0 Å². The Morgan fingerprint density at radius 1 is 1.13 bits per heavy atom. The molecule has 0 fully saturated rings. The van der Waals surface area contributed by atoms with Crippen LogP contribution >= 0.6 is 11.8 Å². The molecule has 0 atom stereocenters. The van der Waals surface area contributed by atoms with E-state index < -0.39 is 5.97 Å². The van der Waals surface area contributed by atoms with E-state index in [0.29, 0.717) is 5.09 Å². The molecule has 2 rings (SSSR count). The summed E-state index contributed by atoms with van der Waals surface area (Å²) in [5.41, 5.74) is 0. The van der Waals surface area contributed by atoms with Crippen molar-refractivity contribution in [3.63, 3.8) is 0 Å². The number of rotatable bonds is 3. The van der Waals surface area contributed by atoms with Crippen LogP contribution in [0, 0.1) is 0 Å². The van der Waals surface area contributed by atoms with Crippen molar-refractivity contribution in [2.45, 2.75) is 9.99 Å². The average Bonchev–Trinajstić information content (AvgIpc) is 2.68. The van der Waals surface area contributed by atoms with E-state index in [4.69, 9.17) is 9.52 Å². The minimum absolute atomic E-state index is 0.0339. The van der Waals surface area contributed by atoms with Gasteiger partial charge in [-0.25, -0.2) is 4.79 Å². The quantitative estimate of drug-likeness (QED) is 0.863. The summed E-state index contributed by atoms with van der Waals surface area (Å²) in [5.74, 6) is -1.08. The Bertz CT molecular complexity index is 462. The van der Waals surface area contributed by atoms with Crippen molar-refractivity contribution in [1.29, 1.82) is 0 Å². The molecule has 0 saturated carbocycles. The maximum absolute atomic E-state index is 10.6. The van der Waals surface area contributed by atoms with Crippen molar-refractivity contribution in [3.8, 4) is 0 Å². The van der Waals surface area contributed by atoms with Gasteiger partial charge in [0.05, 0.1) is 0 Å². The molecule has 3 nitrogen and oxygen atoms in total. The molecule has 1 aromatic carbocycles. The summed E-state index contributed by atoms with van der Waals surface area (Å²) in [6.45, 7) is 0. The molecule has 0 spiro atoms. The summed E-state index contributed by atoms with van der Waals surface area (Å²) >= 11 is 1.40. The topological polar surface area (TPSA) is 50.4 Å². The fourth-order valence-corrected chi connectivity index (χ4v) is 1.89. The molecule has 15 heavy (non-hydrogen) atoms. The van der Waals surface area contributed by atoms with Crippen LogP contribution in [-0.4, -0.2) is 11.1 Å². The highest BCUT2D eigenvalue weighted by molar-refractivity contribution is 7.99. The summed E-state index contributed by atoms with van der Waals surface area (Å²) in [5, 5.41) is 9.24. The largest absolute Gasteiger partial charge is 0.475 e. The predicted molar refractivity (Wildman–Crippen MR) is 56.2 cm³/mol. The molecule has 2 aromatic rings. The highest BCUT2D eigenvalue weighted by Crippen LogP contribution is 2.28. The fraction of sp³-hybridized carbons (Fsp3) is 0. The van der Waals surface area contributed by atoms with Gasteiger partial charge in [0.25, 0.3) is 0 Å². The number of hydrogen-bond donors (Lipinski definition) is 1. The fourth-order valence-electron chi connectivity index (χ4n) is 1.09. The van der Waals surface area contributed by atoms with Gasteiger partial charge in [0.2, 0.25) is 5.76 Å². The zero-order valence-electron chi connectivity index (χ0n) is 7.71. The van der Waals surface area contributed by atoms with Crippen molar-refractivity contribution in [1.82, 2.24) is 0 Å². The van der Waals surface area contributed by atoms with Crippen LogP contribution in [0.1, 0.15) is 10.6 Å². The molecule has 0 saturated heterocycles. The van der Waals surface area contributed by atoms with Crippen LogP contribution in [0.15, 0.2) is 56.9 Å². The van der Waals surface area contributed by atoms with Gasteiger partial charge in [-0.05, 0) is 24.3 Å². The molecule has 4 heteroatoms. The third-order valence-corrected chi connectivity index (χ3v) is 2.68. The maximum Gasteiger partial charge on any atom is 0.371 e. The van der Waals surface area contributed by atoms with Gasteiger partial charge < -0.3 is 9.52 Å². The van der Waals surface area contributed by atoms with Crippen LogP contribution in [0.2, 0.25) is 0 Å². The Labute approximate surface area is 90.7 Å². The number of carboxylic acids is 1. The molecule has 1 heterocycles. The summed E-state index contributed by atoms with van der Waals surface area (Å²) in [4.78, 5) is 11.6. The normalized spacial score (nSPS) is 10.1. The van der Waals surface area contributed by atoms with Gasteiger partial charge in [-0.1, -0.05) is 30.0 Å². The first-order chi connectivity index (χ1) is 7.25. The molecule has 0 aliphatic carbocycles. The number of hydrogen-bond acceptors (Lipinski definition) is 3. The molecule has 0 amide bonds. The summed E-state index contributed by atoms with van der Waals surface area (Å²) < 4.78 is 5.11. The van der Waals surface area contributed by atoms with Crippen LogP contribution in [0.25, 0.3) is 0 Å². The molecule has 0 aliphatic rings. The first-order valence-electron chi connectivity index (χ1n) is 4.32. The van der Waals surface area contributed by atoms with E-state index in [-0.39, 0.29) is 5.76 Å². The first-order valence-corrected chi connectivity index (χ1v) is 5.13. The van der Waals surface area contributed by atoms with E-state index in [0.717, 1.165) is 4.90 Å². The number of aromatic carboxylic acids is 1. The number of benzene rings is 1. The smallest absolute Gasteiger partial charge is 0.371 e. The molecule has 0 bridgehead atoms. The van der Waals surface area contributed by atoms with Crippen LogP contribution in [0.5, 0.6) is 0 Å². The van der Waals surface area contributed by atoms with Crippen molar-refractivity contribution in [2.24, 2.45) is 0 Å². The first kappa shape index (κ1) is 9.86. The average molecular weight is 220 g/mol. The minimum Gasteiger partial charge on any atom is -0.475 e. The maximum atomic E-state index is 10.6. The van der Waals surface area contributed by atoms with E-state index >= 15 is 0 Å². The number of carboxylic acid groups (broad SMARTS) is 1. The summed E-state index contributed by atoms with van der Waals surface area (Å²) in [7, 11) is 0. The second kappa shape index (κ2) is 4.23. The zero-order valence-corrected chi connectivity index (χ0v) is 8.53. The molecule has 0 unspecified atom stereocenters. The van der Waals surface area contributed by atoms with Gasteiger partial charge >= 0.3 is 5.97 Å². The molecule has 0 aliphatic heterocycles. The van der Waals surface area contributed by atoms with E-state index in [2.05, 4.69) is 0 Å².